The zero-order valence-corrected chi connectivity index (χ0v) is 23.0. The second-order valence-corrected chi connectivity index (χ2v) is 11.8. The number of nitrogens with zero attached hydrogens (tertiary/aromatic N) is 2. The molecular formula is C32H39N3O4. The molecule has 0 spiro atoms. The number of aromatic nitrogens is 1. The Hall–Kier alpha value is -3.32. The van der Waals surface area contributed by atoms with Crippen molar-refractivity contribution in [3.05, 3.63) is 59.3 Å². The van der Waals surface area contributed by atoms with E-state index in [1.54, 1.807) is 24.1 Å². The maximum atomic E-state index is 14.5. The highest BCUT2D eigenvalue weighted by atomic mass is 16.5. The number of nitrogens with one attached hydrogen (secondary N) is 1. The van der Waals surface area contributed by atoms with Crippen LogP contribution in [0.4, 0.5) is 0 Å². The van der Waals surface area contributed by atoms with Crippen LogP contribution in [0.3, 0.4) is 0 Å². The molecule has 2 saturated heterocycles. The fourth-order valence-electron chi connectivity index (χ4n) is 7.40. The third-order valence-corrected chi connectivity index (χ3v) is 9.49. The molecule has 2 aliphatic heterocycles. The number of H-pyrrole nitrogens is 1. The number of likely N-dealkylation sites (tertiary alicyclic amines) is 2. The average molecular weight is 530 g/mol. The summed E-state index contributed by atoms with van der Waals surface area (Å²) in [6, 6.07) is 13.4. The summed E-state index contributed by atoms with van der Waals surface area (Å²) in [5, 5.41) is 11.5. The number of ether oxygens (including phenoxy) is 1. The first-order chi connectivity index (χ1) is 18.9. The number of aromatic amines is 1. The minimum Gasteiger partial charge on any atom is -0.508 e. The Morgan fingerprint density at radius 1 is 1.05 bits per heavy atom. The Kier molecular flexibility index (Phi) is 6.88. The molecule has 3 aliphatic rings. The Morgan fingerprint density at radius 3 is 2.59 bits per heavy atom. The van der Waals surface area contributed by atoms with E-state index in [4.69, 9.17) is 4.74 Å². The minimum absolute atomic E-state index is 0.0575. The van der Waals surface area contributed by atoms with E-state index in [1.807, 2.05) is 30.3 Å². The topological polar surface area (TPSA) is 85.9 Å². The summed E-state index contributed by atoms with van der Waals surface area (Å²) in [6.45, 7) is 5.33. The Balaban J connectivity index is 1.42. The van der Waals surface area contributed by atoms with Crippen molar-refractivity contribution < 1.29 is 19.4 Å². The van der Waals surface area contributed by atoms with Crippen LogP contribution in [0.25, 0.3) is 10.9 Å². The van der Waals surface area contributed by atoms with Crippen LogP contribution in [0, 0.1) is 11.3 Å². The Bertz CT molecular complexity index is 1390. The summed E-state index contributed by atoms with van der Waals surface area (Å²) in [7, 11) is 1.66. The predicted octanol–water partition coefficient (Wildman–Crippen LogP) is 5.22. The highest BCUT2D eigenvalue weighted by Gasteiger charge is 2.54. The predicted molar refractivity (Wildman–Crippen MR) is 151 cm³/mol. The van der Waals surface area contributed by atoms with Crippen LogP contribution in [0.1, 0.15) is 68.2 Å². The van der Waals surface area contributed by atoms with Gasteiger partial charge in [0.25, 0.3) is 0 Å². The first kappa shape index (κ1) is 25.9. The molecule has 1 aliphatic carbocycles. The van der Waals surface area contributed by atoms with E-state index in [0.717, 1.165) is 53.1 Å². The molecule has 2 aromatic carbocycles. The monoisotopic (exact) mass is 529 g/mol. The van der Waals surface area contributed by atoms with Gasteiger partial charge in [0.15, 0.2) is 0 Å². The van der Waals surface area contributed by atoms with Crippen molar-refractivity contribution in [2.45, 2.75) is 57.8 Å². The third-order valence-electron chi connectivity index (χ3n) is 9.49. The van der Waals surface area contributed by atoms with Crippen molar-refractivity contribution in [2.24, 2.45) is 11.3 Å². The molecule has 39 heavy (non-hydrogen) atoms. The average Bonchev–Trinajstić information content (AvgIpc) is 3.05. The van der Waals surface area contributed by atoms with Crippen LogP contribution in [0.5, 0.6) is 11.5 Å². The molecule has 2 fully saturated rings. The number of rotatable bonds is 5. The van der Waals surface area contributed by atoms with Crippen molar-refractivity contribution in [1.82, 2.24) is 14.8 Å². The number of phenolic OH excluding ortho intramolecular Hbond substituents is 1. The number of hydrogen-bond acceptors (Lipinski definition) is 5. The zero-order chi connectivity index (χ0) is 27.1. The van der Waals surface area contributed by atoms with E-state index in [1.165, 1.54) is 25.7 Å². The molecule has 1 aromatic heterocycles. The van der Waals surface area contributed by atoms with Gasteiger partial charge < -0.3 is 19.7 Å². The molecule has 3 atom stereocenters. The molecule has 0 radical (unpaired) electrons. The van der Waals surface area contributed by atoms with Gasteiger partial charge in [-0.2, -0.15) is 0 Å². The van der Waals surface area contributed by atoms with E-state index in [-0.39, 0.29) is 29.4 Å². The molecule has 1 unspecified atom stereocenters. The molecule has 2 N–H and O–H groups in total. The number of phenols is 1. The number of carbonyl (C=O) groups excluding carboxylic acids is 2. The van der Waals surface area contributed by atoms with Gasteiger partial charge in [0, 0.05) is 42.0 Å². The molecule has 2 amide bonds. The number of fused-ring (bicyclic) bond motifs is 4. The van der Waals surface area contributed by atoms with Crippen molar-refractivity contribution in [2.75, 3.05) is 33.3 Å². The SMILES string of the molecule is COc1ccc2[nH]c3c(c2c1)C[C@@]1(C)C(=O)N(CCN2CCCCCC2)C(=O)CCC1[C@@H]3c1cccc(O)c1. The molecule has 7 nitrogen and oxygen atoms in total. The van der Waals surface area contributed by atoms with Gasteiger partial charge in [-0.05, 0) is 86.1 Å². The molecule has 3 heterocycles. The molecular weight excluding hydrogens is 490 g/mol. The summed E-state index contributed by atoms with van der Waals surface area (Å²) < 4.78 is 5.54. The van der Waals surface area contributed by atoms with E-state index in [9.17, 15) is 14.7 Å². The van der Waals surface area contributed by atoms with Crippen LogP contribution in [0.15, 0.2) is 42.5 Å². The number of carbonyl (C=O) groups is 2. The molecule has 7 heteroatoms. The largest absolute Gasteiger partial charge is 0.508 e. The number of methoxy groups -OCH3 is 1. The van der Waals surface area contributed by atoms with Crippen molar-refractivity contribution >= 4 is 22.7 Å². The minimum atomic E-state index is -0.758. The van der Waals surface area contributed by atoms with Crippen molar-refractivity contribution in [3.63, 3.8) is 0 Å². The van der Waals surface area contributed by atoms with Crippen LogP contribution in [-0.4, -0.2) is 65.0 Å². The maximum absolute atomic E-state index is 14.5. The van der Waals surface area contributed by atoms with Crippen LogP contribution in [-0.2, 0) is 16.0 Å². The third kappa shape index (κ3) is 4.61. The number of benzene rings is 2. The molecule has 206 valence electrons. The van der Waals surface area contributed by atoms with E-state index < -0.39 is 5.41 Å². The summed E-state index contributed by atoms with van der Waals surface area (Å²) >= 11 is 0. The van der Waals surface area contributed by atoms with Gasteiger partial charge in [0.05, 0.1) is 12.5 Å². The van der Waals surface area contributed by atoms with Crippen LogP contribution < -0.4 is 4.74 Å². The van der Waals surface area contributed by atoms with Gasteiger partial charge in [-0.15, -0.1) is 0 Å². The first-order valence-electron chi connectivity index (χ1n) is 14.4. The van der Waals surface area contributed by atoms with Gasteiger partial charge in [0.2, 0.25) is 11.8 Å². The van der Waals surface area contributed by atoms with E-state index in [2.05, 4.69) is 16.8 Å². The summed E-state index contributed by atoms with van der Waals surface area (Å²) in [5.41, 5.74) is 3.39. The van der Waals surface area contributed by atoms with Gasteiger partial charge in [-0.25, -0.2) is 0 Å². The van der Waals surface area contributed by atoms with E-state index >= 15 is 0 Å². The van der Waals surface area contributed by atoms with Crippen LogP contribution in [0.2, 0.25) is 0 Å². The quantitative estimate of drug-likeness (QED) is 0.443. The van der Waals surface area contributed by atoms with Gasteiger partial charge in [0.1, 0.15) is 11.5 Å². The molecule has 0 saturated carbocycles. The zero-order valence-electron chi connectivity index (χ0n) is 23.0. The maximum Gasteiger partial charge on any atom is 0.235 e. The second kappa shape index (κ2) is 10.3. The number of hydrogen-bond donors (Lipinski definition) is 2. The molecule has 0 bridgehead atoms. The number of amides is 2. The highest BCUT2D eigenvalue weighted by molar-refractivity contribution is 6.00. The number of aromatic hydroxyl groups is 1. The number of imide groups is 1. The smallest absolute Gasteiger partial charge is 0.235 e. The highest BCUT2D eigenvalue weighted by Crippen LogP contribution is 2.55. The first-order valence-corrected chi connectivity index (χ1v) is 14.4. The normalized spacial score (nSPS) is 26.2. The lowest BCUT2D eigenvalue weighted by molar-refractivity contribution is -0.151. The van der Waals surface area contributed by atoms with Crippen LogP contribution >= 0.6 is 0 Å². The summed E-state index contributed by atoms with van der Waals surface area (Å²) in [4.78, 5) is 35.6. The molecule has 6 rings (SSSR count). The van der Waals surface area contributed by atoms with Gasteiger partial charge >= 0.3 is 0 Å². The second-order valence-electron chi connectivity index (χ2n) is 11.8. The fourth-order valence-corrected chi connectivity index (χ4v) is 7.40. The lowest BCUT2D eigenvalue weighted by Gasteiger charge is -2.45. The fraction of sp³-hybridized carbons (Fsp3) is 0.500. The molecule has 3 aromatic rings. The lowest BCUT2D eigenvalue weighted by Crippen LogP contribution is -2.52. The summed E-state index contributed by atoms with van der Waals surface area (Å²) in [5.74, 6) is 0.627. The lowest BCUT2D eigenvalue weighted by atomic mass is 9.59. The Labute approximate surface area is 230 Å². The van der Waals surface area contributed by atoms with Crippen molar-refractivity contribution in [3.8, 4) is 11.5 Å². The van der Waals surface area contributed by atoms with Gasteiger partial charge in [-0.3, -0.25) is 14.5 Å². The standard InChI is InChI=1S/C32H39N3O4/c1-32-20-25-24-19-23(39-2)10-12-27(24)33-30(25)29(21-8-7-9-22(36)18-21)26(32)11-13-28(37)35(31(32)38)17-16-34-14-5-3-4-6-15-34/h7-10,12,18-19,26,29,33,36H,3-6,11,13-17,20H2,1-2H3/t26?,29-,32+/m0/s1. The van der Waals surface area contributed by atoms with Crippen molar-refractivity contribution in [1.29, 1.82) is 0 Å². The Morgan fingerprint density at radius 2 is 1.85 bits per heavy atom. The van der Waals surface area contributed by atoms with E-state index in [0.29, 0.717) is 25.8 Å². The van der Waals surface area contributed by atoms with Gasteiger partial charge in [-0.1, -0.05) is 31.9 Å². The summed E-state index contributed by atoms with van der Waals surface area (Å²) in [6.07, 6.45) is 6.41.